The Morgan fingerprint density at radius 1 is 1.23 bits per heavy atom. The summed E-state index contributed by atoms with van der Waals surface area (Å²) in [6.07, 6.45) is 9.03. The molecule has 0 radical (unpaired) electrons. The van der Waals surface area contributed by atoms with Crippen LogP contribution < -0.4 is 5.32 Å². The molecule has 26 heavy (non-hydrogen) atoms. The van der Waals surface area contributed by atoms with Gasteiger partial charge in [0.15, 0.2) is 5.82 Å². The molecule has 2 aliphatic rings. The van der Waals surface area contributed by atoms with E-state index in [1.165, 1.54) is 12.8 Å². The summed E-state index contributed by atoms with van der Waals surface area (Å²) in [6, 6.07) is 6.29. The maximum Gasteiger partial charge on any atom is 0.257 e. The second kappa shape index (κ2) is 7.58. The van der Waals surface area contributed by atoms with Crippen LogP contribution in [0.4, 0.5) is 0 Å². The van der Waals surface area contributed by atoms with Crippen LogP contribution in [-0.2, 0) is 6.42 Å². The fraction of sp³-hybridized carbons (Fsp3) is 0.550. The zero-order chi connectivity index (χ0) is 17.9. The van der Waals surface area contributed by atoms with Gasteiger partial charge in [0, 0.05) is 25.3 Å². The van der Waals surface area contributed by atoms with Gasteiger partial charge >= 0.3 is 0 Å². The lowest BCUT2D eigenvalue weighted by atomic mass is 10.0. The lowest BCUT2D eigenvalue weighted by Crippen LogP contribution is -2.45. The average molecular weight is 353 g/mol. The zero-order valence-electron chi connectivity index (χ0n) is 15.4. The Morgan fingerprint density at radius 2 is 2.04 bits per heavy atom. The fourth-order valence-electron chi connectivity index (χ4n) is 3.68. The Morgan fingerprint density at radius 3 is 2.69 bits per heavy atom. The minimum absolute atomic E-state index is 0.102. The molecule has 1 N–H and O–H groups in total. The summed E-state index contributed by atoms with van der Waals surface area (Å²) in [4.78, 5) is 19.4. The van der Waals surface area contributed by atoms with Crippen molar-refractivity contribution in [1.82, 2.24) is 25.0 Å². The quantitative estimate of drug-likeness (QED) is 0.866. The minimum atomic E-state index is 0.102. The number of rotatable bonds is 6. The van der Waals surface area contributed by atoms with E-state index in [1.807, 2.05) is 23.1 Å². The summed E-state index contributed by atoms with van der Waals surface area (Å²) in [6.45, 7) is 4.84. The molecule has 0 atom stereocenters. The van der Waals surface area contributed by atoms with Crippen LogP contribution in [-0.4, -0.2) is 51.2 Å². The van der Waals surface area contributed by atoms with E-state index in [9.17, 15) is 4.79 Å². The molecule has 4 rings (SSSR count). The van der Waals surface area contributed by atoms with E-state index in [1.54, 1.807) is 17.1 Å². The molecule has 3 heterocycles. The molecule has 2 aromatic rings. The molecular weight excluding hydrogens is 326 g/mol. The predicted octanol–water partition coefficient (Wildman–Crippen LogP) is 2.43. The summed E-state index contributed by atoms with van der Waals surface area (Å²) in [7, 11) is 0. The van der Waals surface area contributed by atoms with Gasteiger partial charge in [0.05, 0.1) is 17.5 Å². The van der Waals surface area contributed by atoms with E-state index in [0.29, 0.717) is 11.6 Å². The van der Waals surface area contributed by atoms with Gasteiger partial charge < -0.3 is 10.2 Å². The molecule has 1 saturated heterocycles. The number of hydrogen-bond donors (Lipinski definition) is 1. The highest BCUT2D eigenvalue weighted by atomic mass is 16.2. The first kappa shape index (κ1) is 17.2. The van der Waals surface area contributed by atoms with Crippen LogP contribution in [0.3, 0.4) is 0 Å². The Bertz CT molecular complexity index is 745. The second-order valence-electron chi connectivity index (χ2n) is 7.38. The number of hydrogen-bond acceptors (Lipinski definition) is 4. The van der Waals surface area contributed by atoms with Crippen LogP contribution in [0, 0.1) is 5.92 Å². The third kappa shape index (κ3) is 3.65. The predicted molar refractivity (Wildman–Crippen MR) is 100 cm³/mol. The smallest absolute Gasteiger partial charge is 0.257 e. The maximum absolute atomic E-state index is 13.0. The van der Waals surface area contributed by atoms with Gasteiger partial charge in [-0.3, -0.25) is 4.79 Å². The van der Waals surface area contributed by atoms with Crippen LogP contribution in [0.5, 0.6) is 0 Å². The van der Waals surface area contributed by atoms with Gasteiger partial charge in [-0.1, -0.05) is 13.0 Å². The van der Waals surface area contributed by atoms with Crippen LogP contribution >= 0.6 is 0 Å². The molecule has 2 aromatic heterocycles. The molecular formula is C20H27N5O. The number of amides is 1. The lowest BCUT2D eigenvalue weighted by molar-refractivity contribution is 0.0704. The first-order chi connectivity index (χ1) is 12.8. The van der Waals surface area contributed by atoms with Gasteiger partial charge in [0.1, 0.15) is 0 Å². The van der Waals surface area contributed by atoms with Crippen LogP contribution in [0.25, 0.3) is 5.82 Å². The number of carbonyl (C=O) groups is 1. The number of likely N-dealkylation sites (tertiary alicyclic amines) is 1. The molecule has 6 heteroatoms. The Hall–Kier alpha value is -2.21. The Labute approximate surface area is 154 Å². The number of pyridine rings is 1. The van der Waals surface area contributed by atoms with Crippen molar-refractivity contribution in [3.05, 3.63) is 41.9 Å². The van der Waals surface area contributed by atoms with E-state index in [-0.39, 0.29) is 5.91 Å². The molecule has 0 spiro atoms. The SMILES string of the molecule is CCc1c(C(=O)N2CCC(NCC3CC3)CC2)cnn1-c1ccccn1. The molecule has 1 aliphatic carbocycles. The van der Waals surface area contributed by atoms with Crippen molar-refractivity contribution in [2.24, 2.45) is 5.92 Å². The van der Waals surface area contributed by atoms with Crippen LogP contribution in [0.2, 0.25) is 0 Å². The number of piperidine rings is 1. The van der Waals surface area contributed by atoms with Crippen molar-refractivity contribution in [3.63, 3.8) is 0 Å². The van der Waals surface area contributed by atoms with E-state index >= 15 is 0 Å². The molecule has 0 aromatic carbocycles. The summed E-state index contributed by atoms with van der Waals surface area (Å²) >= 11 is 0. The summed E-state index contributed by atoms with van der Waals surface area (Å²) in [5.74, 6) is 1.76. The van der Waals surface area contributed by atoms with Crippen molar-refractivity contribution in [3.8, 4) is 5.82 Å². The molecule has 1 aliphatic heterocycles. The summed E-state index contributed by atoms with van der Waals surface area (Å²) < 4.78 is 1.79. The van der Waals surface area contributed by atoms with Gasteiger partial charge in [0.2, 0.25) is 0 Å². The normalized spacial score (nSPS) is 18.3. The Balaban J connectivity index is 1.42. The minimum Gasteiger partial charge on any atom is -0.338 e. The van der Waals surface area contributed by atoms with E-state index in [4.69, 9.17) is 0 Å². The number of carbonyl (C=O) groups excluding carboxylic acids is 1. The van der Waals surface area contributed by atoms with E-state index < -0.39 is 0 Å². The molecule has 0 unspecified atom stereocenters. The van der Waals surface area contributed by atoms with Crippen LogP contribution in [0.1, 0.15) is 48.7 Å². The van der Waals surface area contributed by atoms with E-state index in [0.717, 1.165) is 56.3 Å². The van der Waals surface area contributed by atoms with Gasteiger partial charge in [0.25, 0.3) is 5.91 Å². The summed E-state index contributed by atoms with van der Waals surface area (Å²) in [5.41, 5.74) is 1.64. The largest absolute Gasteiger partial charge is 0.338 e. The Kier molecular flexibility index (Phi) is 5.02. The second-order valence-corrected chi connectivity index (χ2v) is 7.38. The third-order valence-corrected chi connectivity index (χ3v) is 5.47. The summed E-state index contributed by atoms with van der Waals surface area (Å²) in [5, 5.41) is 8.11. The molecule has 138 valence electrons. The molecule has 2 fully saturated rings. The number of aromatic nitrogens is 3. The first-order valence-corrected chi connectivity index (χ1v) is 9.77. The van der Waals surface area contributed by atoms with Crippen molar-refractivity contribution in [2.75, 3.05) is 19.6 Å². The highest BCUT2D eigenvalue weighted by Crippen LogP contribution is 2.28. The molecule has 1 amide bonds. The molecule has 1 saturated carbocycles. The lowest BCUT2D eigenvalue weighted by Gasteiger charge is -2.32. The van der Waals surface area contributed by atoms with Crippen molar-refractivity contribution in [1.29, 1.82) is 0 Å². The van der Waals surface area contributed by atoms with Gasteiger partial charge in [-0.2, -0.15) is 5.10 Å². The fourth-order valence-corrected chi connectivity index (χ4v) is 3.68. The monoisotopic (exact) mass is 353 g/mol. The zero-order valence-corrected chi connectivity index (χ0v) is 15.4. The standard InChI is InChI=1S/C20H27N5O/c1-2-18-17(14-23-25(18)19-5-3-4-10-21-19)20(26)24-11-8-16(9-12-24)22-13-15-6-7-15/h3-5,10,14-16,22H,2,6-9,11-13H2,1H3. The van der Waals surface area contributed by atoms with Gasteiger partial charge in [-0.05, 0) is 56.7 Å². The van der Waals surface area contributed by atoms with Crippen molar-refractivity contribution in [2.45, 2.75) is 45.1 Å². The molecule has 0 bridgehead atoms. The highest BCUT2D eigenvalue weighted by Gasteiger charge is 2.28. The third-order valence-electron chi connectivity index (χ3n) is 5.47. The van der Waals surface area contributed by atoms with Crippen LogP contribution in [0.15, 0.2) is 30.6 Å². The maximum atomic E-state index is 13.0. The molecule has 6 nitrogen and oxygen atoms in total. The number of nitrogens with zero attached hydrogens (tertiary/aromatic N) is 4. The van der Waals surface area contributed by atoms with E-state index in [2.05, 4.69) is 22.3 Å². The van der Waals surface area contributed by atoms with Gasteiger partial charge in [-0.15, -0.1) is 0 Å². The average Bonchev–Trinajstić information content (AvgIpc) is 3.43. The highest BCUT2D eigenvalue weighted by molar-refractivity contribution is 5.95. The number of nitrogens with one attached hydrogen (secondary N) is 1. The first-order valence-electron chi connectivity index (χ1n) is 9.77. The topological polar surface area (TPSA) is 63.1 Å². The van der Waals surface area contributed by atoms with Crippen molar-refractivity contribution < 1.29 is 4.79 Å². The van der Waals surface area contributed by atoms with Gasteiger partial charge in [-0.25, -0.2) is 9.67 Å². The van der Waals surface area contributed by atoms with Crippen molar-refractivity contribution >= 4 is 5.91 Å².